The van der Waals surface area contributed by atoms with Gasteiger partial charge < -0.3 is 0 Å². The van der Waals surface area contributed by atoms with E-state index in [9.17, 15) is 4.79 Å². The number of carbonyl (C=O) groups is 1. The van der Waals surface area contributed by atoms with Gasteiger partial charge in [-0.15, -0.1) is 0 Å². The molecule has 6 heavy (non-hydrogen) atoms. The van der Waals surface area contributed by atoms with Crippen molar-refractivity contribution in [2.24, 2.45) is 0 Å². The molecule has 0 rings (SSSR count). The van der Waals surface area contributed by atoms with Crippen LogP contribution >= 0.6 is 22.6 Å². The first-order valence-electron chi connectivity index (χ1n) is 1.21. The fourth-order valence-corrected chi connectivity index (χ4v) is 1.87. The summed E-state index contributed by atoms with van der Waals surface area (Å²) in [5.41, 5.74) is 0. The van der Waals surface area contributed by atoms with Crippen LogP contribution in [0.3, 0.4) is 0 Å². The van der Waals surface area contributed by atoms with Gasteiger partial charge in [0.25, 0.3) is 0 Å². The van der Waals surface area contributed by atoms with Crippen molar-refractivity contribution in [3.05, 3.63) is 0 Å². The zero-order valence-corrected chi connectivity index (χ0v) is 7.48. The van der Waals surface area contributed by atoms with Crippen molar-refractivity contribution >= 4 is 26.5 Å². The molecule has 0 spiro atoms. The second-order valence-electron chi connectivity index (χ2n) is 0.557. The van der Waals surface area contributed by atoms with E-state index < -0.39 is 0 Å². The molecule has 0 saturated heterocycles. The molecule has 0 aromatic carbocycles. The van der Waals surface area contributed by atoms with E-state index in [-0.39, 0.29) is 25.4 Å². The van der Waals surface area contributed by atoms with Gasteiger partial charge in [-0.1, -0.05) is 0 Å². The zero-order chi connectivity index (χ0) is 4.99. The molecule has 38 valence electrons. The van der Waals surface area contributed by atoms with Gasteiger partial charge in [-0.2, -0.15) is 0 Å². The van der Waals surface area contributed by atoms with Gasteiger partial charge >= 0.3 is 61.2 Å². The molecule has 1 N–H and O–H groups in total. The molecule has 0 unspecified atom stereocenters. The Hall–Kier alpha value is 0.930. The minimum absolute atomic E-state index is 0.0399. The number of rotatable bonds is 1. The molecular formula is C2H4I2NO-. The Kier molecular flexibility index (Phi) is 4.73. The summed E-state index contributed by atoms with van der Waals surface area (Å²) in [6.45, 7) is 0. The van der Waals surface area contributed by atoms with Crippen LogP contribution < -0.4 is 25.0 Å². The van der Waals surface area contributed by atoms with Crippen molar-refractivity contribution < 1.29 is 26.3 Å². The van der Waals surface area contributed by atoms with Gasteiger partial charge in [-0.05, 0) is 0 Å². The van der Waals surface area contributed by atoms with E-state index >= 15 is 0 Å². The normalized spacial score (nSPS) is 8.33. The molecule has 2 nitrogen and oxygen atoms in total. The Balaban J connectivity index is 2.83. The Labute approximate surface area is 60.8 Å². The van der Waals surface area contributed by atoms with E-state index in [2.05, 4.69) is 3.53 Å². The Morgan fingerprint density at radius 3 is 2.50 bits per heavy atom. The molecule has 0 heterocycles. The quantitative estimate of drug-likeness (QED) is 0.192. The molecule has 0 aromatic heterocycles. The predicted molar refractivity (Wildman–Crippen MR) is 28.5 cm³/mol. The third kappa shape index (κ3) is 4.93. The Morgan fingerprint density at radius 1 is 2.00 bits per heavy atom. The molecule has 4 heteroatoms. The summed E-state index contributed by atoms with van der Waals surface area (Å²) in [4.78, 5) is 11.9. The van der Waals surface area contributed by atoms with Crippen LogP contribution in [-0.2, 0) is 0 Å². The first-order valence-corrected chi connectivity index (χ1v) is 5.53. The third-order valence-electron chi connectivity index (χ3n) is 0.169. The average Bonchev–Trinajstić information content (AvgIpc) is 1.35. The van der Waals surface area contributed by atoms with Crippen LogP contribution in [0.2, 0.25) is 0 Å². The SMILES string of the molecule is C[I-]NC(=O)I. The Morgan fingerprint density at radius 2 is 2.50 bits per heavy atom. The molecule has 0 aromatic rings. The van der Waals surface area contributed by atoms with Crippen molar-refractivity contribution in [1.29, 1.82) is 0 Å². The summed E-state index contributed by atoms with van der Waals surface area (Å²) in [5.74, 6) is 0. The Bertz CT molecular complexity index is 55.5. The number of halogens is 2. The molecule has 1 amide bonds. The van der Waals surface area contributed by atoms with Crippen LogP contribution in [0, 0.1) is 0 Å². The van der Waals surface area contributed by atoms with Crippen LogP contribution in [0.25, 0.3) is 0 Å². The monoisotopic (exact) mass is 312 g/mol. The number of amides is 1. The molecule has 0 aliphatic heterocycles. The van der Waals surface area contributed by atoms with Gasteiger partial charge in [0.2, 0.25) is 0 Å². The molecule has 0 radical (unpaired) electrons. The summed E-state index contributed by atoms with van der Waals surface area (Å²) in [6.07, 6.45) is 0. The summed E-state index contributed by atoms with van der Waals surface area (Å²) in [5, 5.41) is 0. The first kappa shape index (κ1) is 6.93. The summed E-state index contributed by atoms with van der Waals surface area (Å²) >= 11 is 1.68. The second-order valence-corrected chi connectivity index (χ2v) is 3.16. The summed E-state index contributed by atoms with van der Waals surface area (Å²) in [6, 6.07) is 0. The molecular weight excluding hydrogens is 308 g/mol. The maximum absolute atomic E-state index is 9.95. The molecule has 0 saturated carbocycles. The molecule has 0 bridgehead atoms. The van der Waals surface area contributed by atoms with Crippen LogP contribution in [0.5, 0.6) is 0 Å². The van der Waals surface area contributed by atoms with Crippen molar-refractivity contribution in [3.63, 3.8) is 0 Å². The molecule has 0 fully saturated rings. The minimum atomic E-state index is -0.0399. The van der Waals surface area contributed by atoms with Gasteiger partial charge in [0.05, 0.1) is 0 Å². The zero-order valence-electron chi connectivity index (χ0n) is 3.16. The van der Waals surface area contributed by atoms with Crippen molar-refractivity contribution in [3.8, 4) is 0 Å². The number of hydrogen-bond donors (Lipinski definition) is 1. The second kappa shape index (κ2) is 4.10. The fourth-order valence-electron chi connectivity index (χ4n) is 0.0743. The van der Waals surface area contributed by atoms with E-state index in [0.29, 0.717) is 0 Å². The van der Waals surface area contributed by atoms with Crippen LogP contribution in [0.1, 0.15) is 0 Å². The topological polar surface area (TPSA) is 29.1 Å². The summed E-state index contributed by atoms with van der Waals surface area (Å²) < 4.78 is 2.72. The summed E-state index contributed by atoms with van der Waals surface area (Å²) in [7, 11) is 0. The van der Waals surface area contributed by atoms with E-state index in [1.807, 2.05) is 4.93 Å². The van der Waals surface area contributed by atoms with E-state index in [4.69, 9.17) is 0 Å². The van der Waals surface area contributed by atoms with Gasteiger partial charge in [0, 0.05) is 0 Å². The van der Waals surface area contributed by atoms with Gasteiger partial charge in [0.15, 0.2) is 0 Å². The number of nitrogens with one attached hydrogen (secondary N) is 1. The van der Waals surface area contributed by atoms with Gasteiger partial charge in [0.1, 0.15) is 0 Å². The van der Waals surface area contributed by atoms with Gasteiger partial charge in [-0.3, -0.25) is 0 Å². The van der Waals surface area contributed by atoms with E-state index in [0.717, 1.165) is 0 Å². The number of hydrogen-bond acceptors (Lipinski definition) is 1. The van der Waals surface area contributed by atoms with Crippen LogP contribution in [-0.4, -0.2) is 8.84 Å². The van der Waals surface area contributed by atoms with Crippen LogP contribution in [0.15, 0.2) is 0 Å². The maximum atomic E-state index is 9.95. The van der Waals surface area contributed by atoms with E-state index in [1.165, 1.54) is 0 Å². The van der Waals surface area contributed by atoms with Crippen molar-refractivity contribution in [2.45, 2.75) is 0 Å². The molecule has 0 aliphatic rings. The number of carbonyl (C=O) groups excluding carboxylic acids is 1. The standard InChI is InChI=1S/C2H4I2NO/c1-4-5-2(3)6/h1H3,(H,5,6)/q-1. The average molecular weight is 312 g/mol. The predicted octanol–water partition coefficient (Wildman–Crippen LogP) is -2.24. The van der Waals surface area contributed by atoms with E-state index in [1.54, 1.807) is 22.6 Å². The van der Waals surface area contributed by atoms with Crippen LogP contribution in [0.4, 0.5) is 4.79 Å². The molecule has 0 aliphatic carbocycles. The fraction of sp³-hybridized carbons (Fsp3) is 0.500. The molecule has 0 atom stereocenters. The first-order chi connectivity index (χ1) is 2.77. The third-order valence-corrected chi connectivity index (χ3v) is 2.50. The van der Waals surface area contributed by atoms with Crippen molar-refractivity contribution in [2.75, 3.05) is 4.93 Å². The van der Waals surface area contributed by atoms with Crippen molar-refractivity contribution in [1.82, 2.24) is 3.53 Å². The number of alkyl halides is 1. The van der Waals surface area contributed by atoms with Gasteiger partial charge in [-0.25, -0.2) is 0 Å².